The molecule has 1 aromatic heterocycles. The number of esters is 1. The van der Waals surface area contributed by atoms with E-state index in [1.165, 1.54) is 35.1 Å². The molecule has 0 radical (unpaired) electrons. The summed E-state index contributed by atoms with van der Waals surface area (Å²) in [5, 5.41) is 3.28. The Hall–Kier alpha value is -1.87. The molecule has 0 saturated carbocycles. The molecule has 2 amide bonds. The molecule has 0 spiro atoms. The van der Waals surface area contributed by atoms with E-state index in [9.17, 15) is 14.4 Å². The summed E-state index contributed by atoms with van der Waals surface area (Å²) in [7, 11) is 4.54. The highest BCUT2D eigenvalue weighted by Gasteiger charge is 2.36. The zero-order valence-electron chi connectivity index (χ0n) is 14.1. The van der Waals surface area contributed by atoms with Crippen molar-refractivity contribution in [1.29, 1.82) is 0 Å². The van der Waals surface area contributed by atoms with Gasteiger partial charge in [0.2, 0.25) is 11.8 Å². The van der Waals surface area contributed by atoms with E-state index in [4.69, 9.17) is 4.74 Å². The van der Waals surface area contributed by atoms with Crippen molar-refractivity contribution in [3.63, 3.8) is 0 Å². The second kappa shape index (κ2) is 7.35. The van der Waals surface area contributed by atoms with Gasteiger partial charge in [-0.05, 0) is 19.4 Å². The third kappa shape index (κ3) is 3.46. The number of thioether (sulfide) groups is 1. The Morgan fingerprint density at radius 3 is 2.58 bits per heavy atom. The minimum atomic E-state index is -0.502. The van der Waals surface area contributed by atoms with Gasteiger partial charge in [0.05, 0.1) is 12.7 Å². The number of hydrogen-bond donors (Lipinski definition) is 1. The Kier molecular flexibility index (Phi) is 5.66. The maximum absolute atomic E-state index is 12.3. The first kappa shape index (κ1) is 18.5. The number of aliphatic imine (C=N–C) groups is 1. The van der Waals surface area contributed by atoms with E-state index < -0.39 is 11.2 Å². The molecule has 2 rings (SSSR count). The fourth-order valence-electron chi connectivity index (χ4n) is 2.31. The van der Waals surface area contributed by atoms with Gasteiger partial charge in [0.15, 0.2) is 5.17 Å². The van der Waals surface area contributed by atoms with Gasteiger partial charge in [-0.15, -0.1) is 11.3 Å². The van der Waals surface area contributed by atoms with Crippen LogP contribution in [0, 0.1) is 13.8 Å². The molecule has 0 aromatic carbocycles. The van der Waals surface area contributed by atoms with E-state index in [-0.39, 0.29) is 18.2 Å². The molecule has 1 saturated heterocycles. The van der Waals surface area contributed by atoms with Gasteiger partial charge in [0.25, 0.3) is 0 Å². The topological polar surface area (TPSA) is 88.1 Å². The van der Waals surface area contributed by atoms with Crippen molar-refractivity contribution >= 4 is 51.1 Å². The van der Waals surface area contributed by atoms with Crippen LogP contribution in [0.25, 0.3) is 0 Å². The van der Waals surface area contributed by atoms with Crippen molar-refractivity contribution in [2.75, 3.05) is 26.5 Å². The zero-order valence-corrected chi connectivity index (χ0v) is 15.8. The Bertz CT molecular complexity index is 727. The van der Waals surface area contributed by atoms with Crippen LogP contribution in [-0.4, -0.2) is 54.3 Å². The monoisotopic (exact) mass is 369 g/mol. The third-order valence-corrected chi connectivity index (χ3v) is 6.17. The molecule has 1 aliphatic rings. The predicted octanol–water partition coefficient (Wildman–Crippen LogP) is 2.04. The number of carbonyl (C=O) groups is 3. The summed E-state index contributed by atoms with van der Waals surface area (Å²) in [5.41, 5.74) is 1.15. The molecule has 1 aliphatic heterocycles. The number of thiophene rings is 1. The van der Waals surface area contributed by atoms with Crippen molar-refractivity contribution in [1.82, 2.24) is 4.90 Å². The third-order valence-electron chi connectivity index (χ3n) is 3.73. The molecule has 130 valence electrons. The number of aryl methyl sites for hydroxylation is 1. The molecule has 1 N–H and O–H groups in total. The highest BCUT2D eigenvalue weighted by molar-refractivity contribution is 8.15. The molecule has 9 heteroatoms. The number of hydrogen-bond acceptors (Lipinski definition) is 7. The lowest BCUT2D eigenvalue weighted by atomic mass is 10.1. The maximum Gasteiger partial charge on any atom is 0.341 e. The summed E-state index contributed by atoms with van der Waals surface area (Å²) in [4.78, 5) is 42.7. The van der Waals surface area contributed by atoms with Crippen LogP contribution in [0.15, 0.2) is 4.99 Å². The van der Waals surface area contributed by atoms with Gasteiger partial charge < -0.3 is 10.1 Å². The van der Waals surface area contributed by atoms with Crippen molar-refractivity contribution in [3.8, 4) is 0 Å². The minimum Gasteiger partial charge on any atom is -0.465 e. The van der Waals surface area contributed by atoms with Gasteiger partial charge >= 0.3 is 5.97 Å². The summed E-state index contributed by atoms with van der Waals surface area (Å²) in [5.74, 6) is -0.959. The number of nitrogens with zero attached hydrogens (tertiary/aromatic N) is 2. The smallest absolute Gasteiger partial charge is 0.341 e. The molecule has 24 heavy (non-hydrogen) atoms. The lowest BCUT2D eigenvalue weighted by Gasteiger charge is -2.09. The van der Waals surface area contributed by atoms with Crippen LogP contribution in [0.4, 0.5) is 5.00 Å². The first-order chi connectivity index (χ1) is 11.3. The zero-order chi connectivity index (χ0) is 18.0. The van der Waals surface area contributed by atoms with E-state index in [1.54, 1.807) is 14.1 Å². The molecule has 7 nitrogen and oxygen atoms in total. The second-order valence-corrected chi connectivity index (χ2v) is 7.64. The predicted molar refractivity (Wildman–Crippen MR) is 95.9 cm³/mol. The molecular formula is C15H19N3O4S2. The number of amidine groups is 1. The van der Waals surface area contributed by atoms with Crippen LogP contribution in [-0.2, 0) is 14.3 Å². The number of methoxy groups -OCH3 is 1. The number of amides is 2. The largest absolute Gasteiger partial charge is 0.465 e. The number of carbonyl (C=O) groups excluding carboxylic acids is 3. The van der Waals surface area contributed by atoms with Crippen molar-refractivity contribution < 1.29 is 19.1 Å². The number of rotatable bonds is 4. The van der Waals surface area contributed by atoms with E-state index in [0.29, 0.717) is 15.7 Å². The van der Waals surface area contributed by atoms with Gasteiger partial charge in [0.1, 0.15) is 10.3 Å². The first-order valence-corrected chi connectivity index (χ1v) is 8.88. The van der Waals surface area contributed by atoms with Crippen molar-refractivity contribution in [2.45, 2.75) is 25.5 Å². The molecule has 2 heterocycles. The average Bonchev–Trinajstić information content (AvgIpc) is 2.97. The Morgan fingerprint density at radius 2 is 2.04 bits per heavy atom. The van der Waals surface area contributed by atoms with Gasteiger partial charge in [-0.1, -0.05) is 11.8 Å². The highest BCUT2D eigenvalue weighted by atomic mass is 32.2. The summed E-state index contributed by atoms with van der Waals surface area (Å²) in [6.45, 7) is 3.68. The molecular weight excluding hydrogens is 350 g/mol. The van der Waals surface area contributed by atoms with E-state index in [1.807, 2.05) is 13.8 Å². The van der Waals surface area contributed by atoms with Gasteiger partial charge in [-0.25, -0.2) is 4.79 Å². The molecule has 0 unspecified atom stereocenters. The highest BCUT2D eigenvalue weighted by Crippen LogP contribution is 2.34. The quantitative estimate of drug-likeness (QED) is 0.821. The maximum atomic E-state index is 12.3. The van der Waals surface area contributed by atoms with Crippen LogP contribution in [0.5, 0.6) is 0 Å². The molecule has 1 atom stereocenters. The van der Waals surface area contributed by atoms with E-state index in [2.05, 4.69) is 10.3 Å². The van der Waals surface area contributed by atoms with Crippen LogP contribution >= 0.6 is 23.1 Å². The standard InChI is InChI=1S/C15H19N3O4S2/c1-7-8(2)23-12(11(7)14(21)22-5)17-10(19)6-9-13(20)18(4)15(16-3)24-9/h9H,6H2,1-5H3,(H,17,19)/t9-/m1/s1. The van der Waals surface area contributed by atoms with Gasteiger partial charge in [-0.3, -0.25) is 19.5 Å². The number of nitrogens with one attached hydrogen (secondary N) is 1. The first-order valence-electron chi connectivity index (χ1n) is 7.19. The van der Waals surface area contributed by atoms with Gasteiger partial charge in [-0.2, -0.15) is 0 Å². The fourth-order valence-corrected chi connectivity index (χ4v) is 4.47. The Morgan fingerprint density at radius 1 is 1.38 bits per heavy atom. The van der Waals surface area contributed by atoms with Crippen molar-refractivity contribution in [3.05, 3.63) is 16.0 Å². The summed E-state index contributed by atoms with van der Waals surface area (Å²) < 4.78 is 4.78. The van der Waals surface area contributed by atoms with E-state index in [0.717, 1.165) is 10.4 Å². The minimum absolute atomic E-state index is 0.0173. The normalized spacial score (nSPS) is 19.0. The SMILES string of the molecule is CN=C1S[C@H](CC(=O)Nc2sc(C)c(C)c2C(=O)OC)C(=O)N1C. The van der Waals surface area contributed by atoms with Crippen LogP contribution in [0.2, 0.25) is 0 Å². The van der Waals surface area contributed by atoms with Gasteiger partial charge in [0, 0.05) is 25.4 Å². The van der Waals surface area contributed by atoms with Crippen LogP contribution in [0.3, 0.4) is 0 Å². The fraction of sp³-hybridized carbons (Fsp3) is 0.467. The summed E-state index contributed by atoms with van der Waals surface area (Å²) in [6, 6.07) is 0. The van der Waals surface area contributed by atoms with E-state index >= 15 is 0 Å². The summed E-state index contributed by atoms with van der Waals surface area (Å²) in [6.07, 6.45) is 0.0173. The van der Waals surface area contributed by atoms with Crippen LogP contribution < -0.4 is 5.32 Å². The molecule has 1 aromatic rings. The Balaban J connectivity index is 2.13. The number of ether oxygens (including phenoxy) is 1. The summed E-state index contributed by atoms with van der Waals surface area (Å²) >= 11 is 2.59. The second-order valence-electron chi connectivity index (χ2n) is 5.24. The average molecular weight is 369 g/mol. The molecule has 0 aliphatic carbocycles. The molecule has 0 bridgehead atoms. The van der Waals surface area contributed by atoms with Crippen molar-refractivity contribution in [2.24, 2.45) is 4.99 Å². The lowest BCUT2D eigenvalue weighted by Crippen LogP contribution is -2.30. The number of anilines is 1. The lowest BCUT2D eigenvalue weighted by molar-refractivity contribution is -0.127. The molecule has 1 fully saturated rings. The Labute approximate surface area is 148 Å². The van der Waals surface area contributed by atoms with Crippen LogP contribution in [0.1, 0.15) is 27.2 Å².